The molecule has 4 nitrogen and oxygen atoms in total. The summed E-state index contributed by atoms with van der Waals surface area (Å²) in [6, 6.07) is 6.97. The lowest BCUT2D eigenvalue weighted by atomic mass is 10.0. The van der Waals surface area contributed by atoms with Gasteiger partial charge in [-0.15, -0.1) is 0 Å². The fourth-order valence-corrected chi connectivity index (χ4v) is 2.11. The second-order valence-electron chi connectivity index (χ2n) is 4.36. The Bertz CT molecular complexity index is 405. The Hall–Kier alpha value is -1.55. The van der Waals surface area contributed by atoms with Gasteiger partial charge in [-0.2, -0.15) is 0 Å². The van der Waals surface area contributed by atoms with Crippen molar-refractivity contribution in [2.45, 2.75) is 19.4 Å². The predicted octanol–water partition coefficient (Wildman–Crippen LogP) is 2.22. The fraction of sp³-hybridized carbons (Fsp3) is 0.462. The number of hydrogen-bond acceptors (Lipinski definition) is 3. The van der Waals surface area contributed by atoms with Crippen LogP contribution in [0.1, 0.15) is 23.7 Å². The van der Waals surface area contributed by atoms with Crippen molar-refractivity contribution in [3.05, 3.63) is 29.8 Å². The summed E-state index contributed by atoms with van der Waals surface area (Å²) in [4.78, 5) is 11.0. The van der Waals surface area contributed by atoms with Crippen molar-refractivity contribution in [3.8, 4) is 0 Å². The molecule has 1 fully saturated rings. The molecule has 0 amide bonds. The normalized spacial score (nSPS) is 23.6. The summed E-state index contributed by atoms with van der Waals surface area (Å²) in [7, 11) is 0. The van der Waals surface area contributed by atoms with Crippen molar-refractivity contribution in [1.29, 1.82) is 0 Å². The van der Waals surface area contributed by atoms with E-state index in [1.807, 2.05) is 6.07 Å². The maximum Gasteiger partial charge on any atom is 0.337 e. The maximum absolute atomic E-state index is 11.0. The molecule has 0 aromatic heterocycles. The van der Waals surface area contributed by atoms with Gasteiger partial charge in [0.2, 0.25) is 0 Å². The first-order valence-corrected chi connectivity index (χ1v) is 5.86. The van der Waals surface area contributed by atoms with E-state index in [1.54, 1.807) is 18.2 Å². The molecule has 0 spiro atoms. The van der Waals surface area contributed by atoms with E-state index in [4.69, 9.17) is 9.84 Å². The van der Waals surface area contributed by atoms with Gasteiger partial charge in [-0.05, 0) is 25.5 Å². The van der Waals surface area contributed by atoms with E-state index in [-0.39, 0.29) is 6.10 Å². The lowest BCUT2D eigenvalue weighted by Gasteiger charge is -2.16. The van der Waals surface area contributed by atoms with Gasteiger partial charge < -0.3 is 15.2 Å². The molecular formula is C13H17NO3. The minimum Gasteiger partial charge on any atom is -0.478 e. The number of carboxylic acids is 1. The number of carbonyl (C=O) groups is 1. The molecule has 1 aromatic carbocycles. The number of aromatic carboxylic acids is 1. The molecule has 0 radical (unpaired) electrons. The van der Waals surface area contributed by atoms with Crippen molar-refractivity contribution in [2.24, 2.45) is 5.92 Å². The molecule has 1 saturated heterocycles. The summed E-state index contributed by atoms with van der Waals surface area (Å²) >= 11 is 0. The van der Waals surface area contributed by atoms with Crippen LogP contribution in [0.25, 0.3) is 0 Å². The Morgan fingerprint density at radius 1 is 1.53 bits per heavy atom. The Morgan fingerprint density at radius 3 is 2.94 bits per heavy atom. The summed E-state index contributed by atoms with van der Waals surface area (Å²) in [5, 5.41) is 12.3. The molecule has 2 unspecified atom stereocenters. The first-order chi connectivity index (χ1) is 8.18. The molecule has 1 heterocycles. The summed E-state index contributed by atoms with van der Waals surface area (Å²) in [5.74, 6) is -0.444. The minimum absolute atomic E-state index is 0.250. The van der Waals surface area contributed by atoms with E-state index in [9.17, 15) is 4.79 Å². The van der Waals surface area contributed by atoms with Gasteiger partial charge in [-0.3, -0.25) is 0 Å². The minimum atomic E-state index is -0.899. The van der Waals surface area contributed by atoms with Gasteiger partial charge in [-0.25, -0.2) is 4.79 Å². The van der Waals surface area contributed by atoms with Gasteiger partial charge in [0.05, 0.1) is 11.7 Å². The van der Waals surface area contributed by atoms with Crippen LogP contribution in [0.15, 0.2) is 24.3 Å². The Morgan fingerprint density at radius 2 is 2.29 bits per heavy atom. The average Bonchev–Trinajstić information content (AvgIpc) is 2.72. The third-order valence-corrected chi connectivity index (χ3v) is 3.25. The zero-order valence-corrected chi connectivity index (χ0v) is 9.85. The summed E-state index contributed by atoms with van der Waals surface area (Å²) in [5.41, 5.74) is 0.998. The van der Waals surface area contributed by atoms with Crippen molar-refractivity contribution in [3.63, 3.8) is 0 Å². The van der Waals surface area contributed by atoms with Crippen LogP contribution in [0.3, 0.4) is 0 Å². The number of nitrogens with one attached hydrogen (secondary N) is 1. The number of carboxylic acid groups (broad SMARTS) is 1. The highest BCUT2D eigenvalue weighted by molar-refractivity contribution is 5.94. The third-order valence-electron chi connectivity index (χ3n) is 3.25. The van der Waals surface area contributed by atoms with Crippen LogP contribution in [0.5, 0.6) is 0 Å². The highest BCUT2D eigenvalue weighted by Crippen LogP contribution is 2.22. The maximum atomic E-state index is 11.0. The highest BCUT2D eigenvalue weighted by atomic mass is 16.5. The number of hydrogen-bond donors (Lipinski definition) is 2. The van der Waals surface area contributed by atoms with Gasteiger partial charge in [0, 0.05) is 24.8 Å². The molecule has 92 valence electrons. The van der Waals surface area contributed by atoms with Crippen LogP contribution in [0.4, 0.5) is 5.69 Å². The molecule has 4 heteroatoms. The van der Waals surface area contributed by atoms with Gasteiger partial charge in [-0.1, -0.05) is 12.1 Å². The van der Waals surface area contributed by atoms with Crippen LogP contribution in [0, 0.1) is 5.92 Å². The van der Waals surface area contributed by atoms with E-state index in [0.29, 0.717) is 17.2 Å². The molecule has 17 heavy (non-hydrogen) atoms. The monoisotopic (exact) mass is 235 g/mol. The van der Waals surface area contributed by atoms with Crippen LogP contribution in [0.2, 0.25) is 0 Å². The number of ether oxygens (including phenoxy) is 1. The molecule has 2 N–H and O–H groups in total. The van der Waals surface area contributed by atoms with Crippen molar-refractivity contribution in [1.82, 2.24) is 0 Å². The smallest absolute Gasteiger partial charge is 0.337 e. The molecule has 0 saturated carbocycles. The van der Waals surface area contributed by atoms with Crippen LogP contribution < -0.4 is 5.32 Å². The zero-order chi connectivity index (χ0) is 12.3. The Balaban J connectivity index is 2.01. The van der Waals surface area contributed by atoms with Crippen molar-refractivity contribution < 1.29 is 14.6 Å². The predicted molar refractivity (Wildman–Crippen MR) is 65.4 cm³/mol. The summed E-state index contributed by atoms with van der Waals surface area (Å²) in [6.07, 6.45) is 1.28. The van der Waals surface area contributed by atoms with Crippen molar-refractivity contribution >= 4 is 11.7 Å². The van der Waals surface area contributed by atoms with Crippen LogP contribution >= 0.6 is 0 Å². The largest absolute Gasteiger partial charge is 0.478 e. The topological polar surface area (TPSA) is 58.6 Å². The second-order valence-corrected chi connectivity index (χ2v) is 4.36. The molecule has 0 bridgehead atoms. The van der Waals surface area contributed by atoms with E-state index in [0.717, 1.165) is 19.6 Å². The standard InChI is InChI=1S/C13H17NO3/c1-9-10(6-7-17-9)8-14-12-5-3-2-4-11(12)13(15)16/h2-5,9-10,14H,6-8H2,1H3,(H,15,16). The highest BCUT2D eigenvalue weighted by Gasteiger charge is 2.24. The molecule has 2 atom stereocenters. The Kier molecular flexibility index (Phi) is 3.64. The molecule has 1 aliphatic rings. The number of para-hydroxylation sites is 1. The summed E-state index contributed by atoms with van der Waals surface area (Å²) < 4.78 is 5.48. The number of rotatable bonds is 4. The fourth-order valence-electron chi connectivity index (χ4n) is 2.11. The van der Waals surface area contributed by atoms with Gasteiger partial charge in [0.25, 0.3) is 0 Å². The van der Waals surface area contributed by atoms with Gasteiger partial charge in [0.1, 0.15) is 0 Å². The lowest BCUT2D eigenvalue weighted by Crippen LogP contribution is -2.21. The summed E-state index contributed by atoms with van der Waals surface area (Å²) in [6.45, 7) is 3.61. The average molecular weight is 235 g/mol. The quantitative estimate of drug-likeness (QED) is 0.840. The molecule has 2 rings (SSSR count). The van der Waals surface area contributed by atoms with E-state index in [2.05, 4.69) is 12.2 Å². The van der Waals surface area contributed by atoms with E-state index < -0.39 is 5.97 Å². The van der Waals surface area contributed by atoms with E-state index in [1.165, 1.54) is 0 Å². The number of benzene rings is 1. The Labute approximate surface area is 101 Å². The molecular weight excluding hydrogens is 218 g/mol. The van der Waals surface area contributed by atoms with Crippen molar-refractivity contribution in [2.75, 3.05) is 18.5 Å². The lowest BCUT2D eigenvalue weighted by molar-refractivity contribution is 0.0698. The molecule has 1 aromatic rings. The first-order valence-electron chi connectivity index (χ1n) is 5.86. The zero-order valence-electron chi connectivity index (χ0n) is 9.85. The van der Waals surface area contributed by atoms with Gasteiger partial charge in [0.15, 0.2) is 0 Å². The molecule has 0 aliphatic carbocycles. The van der Waals surface area contributed by atoms with Gasteiger partial charge >= 0.3 is 5.97 Å². The van der Waals surface area contributed by atoms with Crippen LogP contribution in [-0.4, -0.2) is 30.3 Å². The number of anilines is 1. The first kappa shape index (κ1) is 11.9. The molecule has 1 aliphatic heterocycles. The second kappa shape index (κ2) is 5.19. The van der Waals surface area contributed by atoms with E-state index >= 15 is 0 Å². The third kappa shape index (κ3) is 2.77. The van der Waals surface area contributed by atoms with Crippen LogP contribution in [-0.2, 0) is 4.74 Å². The SMILES string of the molecule is CC1OCCC1CNc1ccccc1C(=O)O.